The molecule has 4 rings (SSSR count). The molecule has 0 spiro atoms. The Labute approximate surface area is 202 Å². The highest BCUT2D eigenvalue weighted by Crippen LogP contribution is 2.27. The van der Waals surface area contributed by atoms with Gasteiger partial charge in [0.2, 0.25) is 15.9 Å². The van der Waals surface area contributed by atoms with E-state index in [9.17, 15) is 18.0 Å². The number of nitrogens with one attached hydrogen (secondary N) is 1. The number of amides is 2. The Bertz CT molecular complexity index is 1090. The SMILES string of the molecule is O=C(CCC1CCCCC1)Nc1cccc(S(=O)(=O)N2CCN(C(=O)c3ccccc3)CC2)c1. The third kappa shape index (κ3) is 6.04. The van der Waals surface area contributed by atoms with Gasteiger partial charge in [-0.25, -0.2) is 8.42 Å². The molecule has 1 heterocycles. The number of hydrogen-bond acceptors (Lipinski definition) is 4. The molecular weight excluding hydrogens is 450 g/mol. The fourth-order valence-corrected chi connectivity index (χ4v) is 6.28. The highest BCUT2D eigenvalue weighted by atomic mass is 32.2. The second kappa shape index (κ2) is 11.1. The molecule has 0 bridgehead atoms. The lowest BCUT2D eigenvalue weighted by Gasteiger charge is -2.34. The van der Waals surface area contributed by atoms with Crippen LogP contribution in [0.15, 0.2) is 59.5 Å². The summed E-state index contributed by atoms with van der Waals surface area (Å²) in [5.41, 5.74) is 1.10. The van der Waals surface area contributed by atoms with Crippen LogP contribution in [0.3, 0.4) is 0 Å². The topological polar surface area (TPSA) is 86.8 Å². The number of anilines is 1. The minimum Gasteiger partial charge on any atom is -0.336 e. The zero-order chi connectivity index (χ0) is 24.0. The van der Waals surface area contributed by atoms with Gasteiger partial charge in [-0.05, 0) is 42.7 Å². The molecule has 2 aromatic carbocycles. The monoisotopic (exact) mass is 483 g/mol. The Kier molecular flexibility index (Phi) is 8.00. The fraction of sp³-hybridized carbons (Fsp3) is 0.462. The zero-order valence-electron chi connectivity index (χ0n) is 19.5. The van der Waals surface area contributed by atoms with Crippen LogP contribution >= 0.6 is 0 Å². The number of nitrogens with zero attached hydrogens (tertiary/aromatic N) is 2. The summed E-state index contributed by atoms with van der Waals surface area (Å²) in [6.45, 7) is 1.15. The van der Waals surface area contributed by atoms with Crippen molar-refractivity contribution in [2.45, 2.75) is 49.8 Å². The van der Waals surface area contributed by atoms with E-state index in [1.807, 2.05) is 18.2 Å². The van der Waals surface area contributed by atoms with Crippen molar-refractivity contribution >= 4 is 27.5 Å². The number of carbonyl (C=O) groups is 2. The van der Waals surface area contributed by atoms with Crippen LogP contribution < -0.4 is 5.32 Å². The smallest absolute Gasteiger partial charge is 0.253 e. The maximum absolute atomic E-state index is 13.2. The molecule has 0 unspecified atom stereocenters. The third-order valence-electron chi connectivity index (χ3n) is 6.81. The average Bonchev–Trinajstić information content (AvgIpc) is 2.88. The largest absolute Gasteiger partial charge is 0.336 e. The van der Waals surface area contributed by atoms with Gasteiger partial charge in [-0.2, -0.15) is 4.31 Å². The second-order valence-corrected chi connectivity index (χ2v) is 11.1. The maximum atomic E-state index is 13.2. The number of rotatable bonds is 7. The average molecular weight is 484 g/mol. The molecule has 2 aliphatic rings. The van der Waals surface area contributed by atoms with Gasteiger partial charge in [0.1, 0.15) is 0 Å². The number of benzene rings is 2. The van der Waals surface area contributed by atoms with E-state index in [4.69, 9.17) is 0 Å². The van der Waals surface area contributed by atoms with Crippen molar-refractivity contribution in [3.05, 3.63) is 60.2 Å². The number of carbonyl (C=O) groups excluding carboxylic acids is 2. The van der Waals surface area contributed by atoms with Gasteiger partial charge in [-0.3, -0.25) is 9.59 Å². The molecule has 1 aliphatic heterocycles. The highest BCUT2D eigenvalue weighted by molar-refractivity contribution is 7.89. The molecule has 34 heavy (non-hydrogen) atoms. The van der Waals surface area contributed by atoms with E-state index in [1.54, 1.807) is 35.2 Å². The van der Waals surface area contributed by atoms with Gasteiger partial charge >= 0.3 is 0 Å². The molecule has 2 aromatic rings. The number of hydrogen-bond donors (Lipinski definition) is 1. The Morgan fingerprint density at radius 1 is 0.882 bits per heavy atom. The molecule has 2 fully saturated rings. The van der Waals surface area contributed by atoms with Crippen LogP contribution in [0.2, 0.25) is 0 Å². The number of piperazine rings is 1. The van der Waals surface area contributed by atoms with Crippen molar-refractivity contribution in [2.75, 3.05) is 31.5 Å². The summed E-state index contributed by atoms with van der Waals surface area (Å²) >= 11 is 0. The normalized spacial score (nSPS) is 17.9. The lowest BCUT2D eigenvalue weighted by molar-refractivity contribution is -0.116. The van der Waals surface area contributed by atoms with Gasteiger partial charge in [-0.15, -0.1) is 0 Å². The minimum absolute atomic E-state index is 0.0758. The van der Waals surface area contributed by atoms with Gasteiger partial charge in [0.15, 0.2) is 0 Å². The molecule has 0 atom stereocenters. The summed E-state index contributed by atoms with van der Waals surface area (Å²) < 4.78 is 27.8. The Morgan fingerprint density at radius 2 is 1.59 bits per heavy atom. The third-order valence-corrected chi connectivity index (χ3v) is 8.70. The Morgan fingerprint density at radius 3 is 2.29 bits per heavy atom. The predicted molar refractivity (Wildman–Crippen MR) is 132 cm³/mol. The first-order valence-electron chi connectivity index (χ1n) is 12.2. The van der Waals surface area contributed by atoms with Crippen LogP contribution in [0, 0.1) is 5.92 Å². The van der Waals surface area contributed by atoms with Crippen molar-refractivity contribution in [1.82, 2.24) is 9.21 Å². The summed E-state index contributed by atoms with van der Waals surface area (Å²) in [5.74, 6) is 0.461. The zero-order valence-corrected chi connectivity index (χ0v) is 20.3. The van der Waals surface area contributed by atoms with Gasteiger partial charge in [0.25, 0.3) is 5.91 Å². The molecule has 1 aliphatic carbocycles. The van der Waals surface area contributed by atoms with Gasteiger partial charge in [-0.1, -0.05) is 56.4 Å². The van der Waals surface area contributed by atoms with Crippen LogP contribution in [-0.2, 0) is 14.8 Å². The maximum Gasteiger partial charge on any atom is 0.253 e. The van der Waals surface area contributed by atoms with Crippen molar-refractivity contribution in [1.29, 1.82) is 0 Å². The first kappa shape index (κ1) is 24.4. The van der Waals surface area contributed by atoms with Crippen LogP contribution in [0.1, 0.15) is 55.3 Å². The van der Waals surface area contributed by atoms with Crippen molar-refractivity contribution in [3.63, 3.8) is 0 Å². The molecule has 8 heteroatoms. The van der Waals surface area contributed by atoms with Crippen LogP contribution in [0.25, 0.3) is 0 Å². The van der Waals surface area contributed by atoms with E-state index in [1.165, 1.54) is 42.5 Å². The van der Waals surface area contributed by atoms with E-state index in [2.05, 4.69) is 5.32 Å². The van der Waals surface area contributed by atoms with Crippen molar-refractivity contribution in [2.24, 2.45) is 5.92 Å². The van der Waals surface area contributed by atoms with E-state index < -0.39 is 10.0 Å². The standard InChI is InChI=1S/C26H33N3O4S/c30-25(15-14-21-8-3-1-4-9-21)27-23-12-7-13-24(20-23)34(32,33)29-18-16-28(17-19-29)26(31)22-10-5-2-6-11-22/h2,5-7,10-13,20-21H,1,3-4,8-9,14-19H2,(H,27,30). The minimum atomic E-state index is -3.72. The summed E-state index contributed by atoms with van der Waals surface area (Å²) in [6, 6.07) is 15.5. The molecule has 7 nitrogen and oxygen atoms in total. The lowest BCUT2D eigenvalue weighted by atomic mass is 9.86. The van der Waals surface area contributed by atoms with E-state index >= 15 is 0 Å². The molecule has 1 saturated heterocycles. The van der Waals surface area contributed by atoms with Crippen LogP contribution in [-0.4, -0.2) is 55.6 Å². The van der Waals surface area contributed by atoms with Crippen LogP contribution in [0.4, 0.5) is 5.69 Å². The summed E-state index contributed by atoms with van der Waals surface area (Å²) in [5, 5.41) is 2.86. The van der Waals surface area contributed by atoms with Gasteiger partial charge in [0, 0.05) is 43.9 Å². The molecule has 0 aromatic heterocycles. The molecule has 1 N–H and O–H groups in total. The number of sulfonamides is 1. The van der Waals surface area contributed by atoms with Gasteiger partial charge < -0.3 is 10.2 Å². The van der Waals surface area contributed by atoms with Crippen LogP contribution in [0.5, 0.6) is 0 Å². The predicted octanol–water partition coefficient (Wildman–Crippen LogP) is 4.13. The molecule has 0 radical (unpaired) electrons. The molecule has 2 amide bonds. The molecule has 1 saturated carbocycles. The van der Waals surface area contributed by atoms with E-state index in [-0.39, 0.29) is 29.8 Å². The highest BCUT2D eigenvalue weighted by Gasteiger charge is 2.30. The van der Waals surface area contributed by atoms with Crippen molar-refractivity contribution < 1.29 is 18.0 Å². The first-order chi connectivity index (χ1) is 16.4. The summed E-state index contributed by atoms with van der Waals surface area (Å²) in [7, 11) is -3.72. The lowest BCUT2D eigenvalue weighted by Crippen LogP contribution is -2.50. The molecular formula is C26H33N3O4S. The first-order valence-corrected chi connectivity index (χ1v) is 13.6. The molecule has 182 valence electrons. The quantitative estimate of drug-likeness (QED) is 0.642. The van der Waals surface area contributed by atoms with E-state index in [0.717, 1.165) is 6.42 Å². The van der Waals surface area contributed by atoms with Crippen molar-refractivity contribution in [3.8, 4) is 0 Å². The van der Waals surface area contributed by atoms with Gasteiger partial charge in [0.05, 0.1) is 4.90 Å². The second-order valence-electron chi connectivity index (χ2n) is 9.18. The Balaban J connectivity index is 1.33. The Hall–Kier alpha value is -2.71. The summed E-state index contributed by atoms with van der Waals surface area (Å²) in [4.78, 5) is 26.9. The summed E-state index contributed by atoms with van der Waals surface area (Å²) in [6.07, 6.45) is 7.54. The van der Waals surface area contributed by atoms with E-state index in [0.29, 0.717) is 36.7 Å². The fourth-order valence-electron chi connectivity index (χ4n) is 4.81.